The van der Waals surface area contributed by atoms with Gasteiger partial charge >= 0.3 is 11.9 Å². The predicted octanol–water partition coefficient (Wildman–Crippen LogP) is 0.175. The summed E-state index contributed by atoms with van der Waals surface area (Å²) in [7, 11) is 2.12. The quantitative estimate of drug-likeness (QED) is 0.403. The maximum Gasteiger partial charge on any atom is 0.346 e. The van der Waals surface area contributed by atoms with E-state index in [0.29, 0.717) is 6.61 Å². The van der Waals surface area contributed by atoms with Crippen LogP contribution in [0.2, 0.25) is 0 Å². The van der Waals surface area contributed by atoms with Crippen molar-refractivity contribution in [3.63, 3.8) is 0 Å². The van der Waals surface area contributed by atoms with Crippen LogP contribution in [0.25, 0.3) is 0 Å². The first-order chi connectivity index (χ1) is 12.3. The minimum Gasteiger partial charge on any atom is -0.467 e. The van der Waals surface area contributed by atoms with Crippen LogP contribution in [0, 0.1) is 5.92 Å². The molecule has 0 aromatic heterocycles. The molecule has 1 aliphatic heterocycles. The molecule has 2 N–H and O–H groups in total. The van der Waals surface area contributed by atoms with Crippen molar-refractivity contribution in [2.75, 3.05) is 20.8 Å². The Hall–Kier alpha value is -2.45. The van der Waals surface area contributed by atoms with Gasteiger partial charge in [0.1, 0.15) is 5.60 Å². The molecule has 2 rings (SSSR count). The number of benzene rings is 1. The molecule has 2 atom stereocenters. The molecule has 0 unspecified atom stereocenters. The van der Waals surface area contributed by atoms with Crippen LogP contribution in [0.3, 0.4) is 0 Å². The van der Waals surface area contributed by atoms with Crippen molar-refractivity contribution in [2.24, 2.45) is 5.92 Å². The topological polar surface area (TPSA) is 111 Å². The van der Waals surface area contributed by atoms with E-state index in [2.05, 4.69) is 14.8 Å². The first kappa shape index (κ1) is 19.9. The fraction of sp³-hybridized carbons (Fsp3) is 0.500. The number of aliphatic hydroxyl groups is 1. The van der Waals surface area contributed by atoms with Gasteiger partial charge in [-0.25, -0.2) is 9.59 Å². The van der Waals surface area contributed by atoms with Crippen LogP contribution in [0.15, 0.2) is 30.3 Å². The van der Waals surface area contributed by atoms with Crippen molar-refractivity contribution in [3.05, 3.63) is 35.9 Å². The van der Waals surface area contributed by atoms with Crippen LogP contribution in [0.4, 0.5) is 0 Å². The van der Waals surface area contributed by atoms with Crippen LogP contribution >= 0.6 is 0 Å². The maximum atomic E-state index is 12.4. The number of carbonyl (C=O) groups is 3. The molecule has 26 heavy (non-hydrogen) atoms. The molecule has 1 aromatic rings. The monoisotopic (exact) mass is 365 g/mol. The first-order valence-corrected chi connectivity index (χ1v) is 8.14. The lowest BCUT2D eigenvalue weighted by molar-refractivity contribution is -0.176. The van der Waals surface area contributed by atoms with Crippen molar-refractivity contribution in [3.8, 4) is 0 Å². The third-order valence-electron chi connectivity index (χ3n) is 4.71. The molecule has 1 aliphatic rings. The molecule has 0 aliphatic carbocycles. The van der Waals surface area contributed by atoms with E-state index < -0.39 is 34.9 Å². The molecule has 1 heterocycles. The molecule has 8 heteroatoms. The summed E-state index contributed by atoms with van der Waals surface area (Å²) in [5.41, 5.74) is -3.38. The SMILES string of the molecule is COC(=O)C1(C(=O)OC)NC(=O)[C@H](CCOCc2ccccc2)[C@]1(C)O. The molecule has 0 bridgehead atoms. The summed E-state index contributed by atoms with van der Waals surface area (Å²) in [5.74, 6) is -3.86. The van der Waals surface area contributed by atoms with E-state index in [-0.39, 0.29) is 13.0 Å². The second-order valence-corrected chi connectivity index (χ2v) is 6.25. The zero-order valence-electron chi connectivity index (χ0n) is 15.0. The van der Waals surface area contributed by atoms with Gasteiger partial charge in [0.2, 0.25) is 5.91 Å². The third kappa shape index (κ3) is 3.30. The summed E-state index contributed by atoms with van der Waals surface area (Å²) < 4.78 is 14.8. The van der Waals surface area contributed by atoms with E-state index in [9.17, 15) is 19.5 Å². The highest BCUT2D eigenvalue weighted by Crippen LogP contribution is 2.40. The van der Waals surface area contributed by atoms with Gasteiger partial charge in [0.25, 0.3) is 5.54 Å². The number of carbonyl (C=O) groups excluding carboxylic acids is 3. The van der Waals surface area contributed by atoms with Gasteiger partial charge in [0.15, 0.2) is 0 Å². The van der Waals surface area contributed by atoms with Gasteiger partial charge in [0.05, 0.1) is 26.7 Å². The minimum atomic E-state index is -2.31. The Morgan fingerprint density at radius 2 is 1.73 bits per heavy atom. The zero-order chi connectivity index (χ0) is 19.4. The fourth-order valence-corrected chi connectivity index (χ4v) is 3.20. The molecule has 0 spiro atoms. The maximum absolute atomic E-state index is 12.4. The van der Waals surface area contributed by atoms with Crippen LogP contribution in [-0.2, 0) is 35.2 Å². The van der Waals surface area contributed by atoms with E-state index in [4.69, 9.17) is 4.74 Å². The lowest BCUT2D eigenvalue weighted by atomic mass is 9.75. The van der Waals surface area contributed by atoms with Gasteiger partial charge < -0.3 is 24.6 Å². The molecule has 1 amide bonds. The Bertz CT molecular complexity index is 655. The van der Waals surface area contributed by atoms with Crippen molar-refractivity contribution < 1.29 is 33.7 Å². The number of hydrogen-bond acceptors (Lipinski definition) is 7. The van der Waals surface area contributed by atoms with Crippen molar-refractivity contribution >= 4 is 17.8 Å². The van der Waals surface area contributed by atoms with Crippen LogP contribution in [-0.4, -0.2) is 54.9 Å². The second-order valence-electron chi connectivity index (χ2n) is 6.25. The van der Waals surface area contributed by atoms with Gasteiger partial charge in [-0.15, -0.1) is 0 Å². The predicted molar refractivity (Wildman–Crippen MR) is 89.7 cm³/mol. The normalized spacial score (nSPS) is 24.0. The number of ether oxygens (including phenoxy) is 3. The van der Waals surface area contributed by atoms with Crippen molar-refractivity contribution in [2.45, 2.75) is 31.1 Å². The number of rotatable bonds is 7. The van der Waals surface area contributed by atoms with Gasteiger partial charge in [-0.05, 0) is 18.9 Å². The van der Waals surface area contributed by atoms with E-state index in [1.54, 1.807) is 0 Å². The first-order valence-electron chi connectivity index (χ1n) is 8.14. The summed E-state index contributed by atoms with van der Waals surface area (Å²) >= 11 is 0. The standard InChI is InChI=1S/C18H23NO7/c1-17(23)13(9-10-26-11-12-7-5-4-6-8-12)14(20)19-18(17,15(21)24-2)16(22)25-3/h4-8,13,23H,9-11H2,1-3H3,(H,19,20)/t13-,17-/m0/s1. The summed E-state index contributed by atoms with van der Waals surface area (Å²) in [6, 6.07) is 9.46. The number of hydrogen-bond donors (Lipinski definition) is 2. The number of methoxy groups -OCH3 is 2. The summed E-state index contributed by atoms with van der Waals surface area (Å²) in [6.45, 7) is 1.73. The zero-order valence-corrected chi connectivity index (χ0v) is 15.0. The minimum absolute atomic E-state index is 0.113. The van der Waals surface area contributed by atoms with Crippen molar-refractivity contribution in [1.82, 2.24) is 5.32 Å². The molecular weight excluding hydrogens is 342 g/mol. The Kier molecular flexibility index (Phi) is 5.99. The largest absolute Gasteiger partial charge is 0.467 e. The average Bonchev–Trinajstić information content (AvgIpc) is 2.84. The number of esters is 2. The van der Waals surface area contributed by atoms with E-state index >= 15 is 0 Å². The average molecular weight is 365 g/mol. The Balaban J connectivity index is 2.10. The summed E-state index contributed by atoms with van der Waals surface area (Å²) in [5, 5.41) is 13.2. The molecule has 1 aromatic carbocycles. The van der Waals surface area contributed by atoms with E-state index in [1.807, 2.05) is 30.3 Å². The van der Waals surface area contributed by atoms with Crippen LogP contribution < -0.4 is 5.32 Å². The molecular formula is C18H23NO7. The molecule has 0 radical (unpaired) electrons. The Morgan fingerprint density at radius 1 is 1.15 bits per heavy atom. The van der Waals surface area contributed by atoms with Gasteiger partial charge in [-0.1, -0.05) is 30.3 Å². The highest BCUT2D eigenvalue weighted by Gasteiger charge is 2.71. The van der Waals surface area contributed by atoms with Crippen molar-refractivity contribution in [1.29, 1.82) is 0 Å². The molecule has 0 saturated carbocycles. The van der Waals surface area contributed by atoms with Gasteiger partial charge in [-0.2, -0.15) is 0 Å². The summed E-state index contributed by atoms with van der Waals surface area (Å²) in [4.78, 5) is 36.8. The fourth-order valence-electron chi connectivity index (χ4n) is 3.20. The summed E-state index contributed by atoms with van der Waals surface area (Å²) in [6.07, 6.45) is 0.113. The highest BCUT2D eigenvalue weighted by atomic mass is 16.6. The lowest BCUT2D eigenvalue weighted by Gasteiger charge is -2.35. The van der Waals surface area contributed by atoms with Crippen LogP contribution in [0.5, 0.6) is 0 Å². The molecule has 8 nitrogen and oxygen atoms in total. The molecule has 1 fully saturated rings. The Labute approximate surface area is 151 Å². The number of amides is 1. The molecule has 1 saturated heterocycles. The van der Waals surface area contributed by atoms with Gasteiger partial charge in [0, 0.05) is 6.61 Å². The van der Waals surface area contributed by atoms with E-state index in [1.165, 1.54) is 6.92 Å². The lowest BCUT2D eigenvalue weighted by Crippen LogP contribution is -2.68. The third-order valence-corrected chi connectivity index (χ3v) is 4.71. The smallest absolute Gasteiger partial charge is 0.346 e. The number of nitrogens with one attached hydrogen (secondary N) is 1. The second kappa shape index (κ2) is 7.84. The highest BCUT2D eigenvalue weighted by molar-refractivity contribution is 6.12. The Morgan fingerprint density at radius 3 is 2.27 bits per heavy atom. The molecule has 142 valence electrons. The van der Waals surface area contributed by atoms with E-state index in [0.717, 1.165) is 19.8 Å². The van der Waals surface area contributed by atoms with Crippen LogP contribution in [0.1, 0.15) is 18.9 Å². The van der Waals surface area contributed by atoms with Gasteiger partial charge in [-0.3, -0.25) is 4.79 Å².